The van der Waals surface area contributed by atoms with Crippen molar-refractivity contribution in [3.8, 4) is 0 Å². The molecular formula is C15H30N2O4. The van der Waals surface area contributed by atoms with Crippen molar-refractivity contribution in [3.63, 3.8) is 0 Å². The number of hydrogen-bond acceptors (Lipinski definition) is 5. The Labute approximate surface area is 127 Å². The van der Waals surface area contributed by atoms with Crippen LogP contribution < -0.4 is 11.1 Å². The van der Waals surface area contributed by atoms with Gasteiger partial charge in [0.2, 0.25) is 0 Å². The molecule has 0 aliphatic rings. The maximum atomic E-state index is 12.2. The second-order valence-electron chi connectivity index (χ2n) is 7.09. The first-order valence-corrected chi connectivity index (χ1v) is 7.30. The minimum absolute atomic E-state index is 0.112. The van der Waals surface area contributed by atoms with Gasteiger partial charge < -0.3 is 20.5 Å². The first-order valence-electron chi connectivity index (χ1n) is 7.30. The molecule has 0 unspecified atom stereocenters. The van der Waals surface area contributed by atoms with E-state index in [0.717, 1.165) is 0 Å². The molecule has 0 aliphatic carbocycles. The van der Waals surface area contributed by atoms with Crippen molar-refractivity contribution in [3.05, 3.63) is 0 Å². The van der Waals surface area contributed by atoms with Crippen molar-refractivity contribution in [2.75, 3.05) is 6.54 Å². The third-order valence-electron chi connectivity index (χ3n) is 2.72. The van der Waals surface area contributed by atoms with Crippen molar-refractivity contribution < 1.29 is 19.1 Å². The van der Waals surface area contributed by atoms with E-state index in [1.807, 2.05) is 13.8 Å². The summed E-state index contributed by atoms with van der Waals surface area (Å²) in [5, 5.41) is 2.57. The number of esters is 1. The van der Waals surface area contributed by atoms with E-state index in [2.05, 4.69) is 5.32 Å². The zero-order valence-corrected chi connectivity index (χ0v) is 14.3. The summed E-state index contributed by atoms with van der Waals surface area (Å²) >= 11 is 0. The van der Waals surface area contributed by atoms with Crippen LogP contribution in [0.25, 0.3) is 0 Å². The number of amides is 1. The van der Waals surface area contributed by atoms with Gasteiger partial charge in [0.25, 0.3) is 0 Å². The van der Waals surface area contributed by atoms with Crippen LogP contribution in [-0.4, -0.2) is 35.9 Å². The first-order chi connectivity index (χ1) is 9.38. The van der Waals surface area contributed by atoms with Gasteiger partial charge in [-0.05, 0) is 53.5 Å². The van der Waals surface area contributed by atoms with Crippen LogP contribution in [0.1, 0.15) is 54.9 Å². The number of hydrogen-bond donors (Lipinski definition) is 2. The Kier molecular flexibility index (Phi) is 7.16. The van der Waals surface area contributed by atoms with E-state index >= 15 is 0 Å². The van der Waals surface area contributed by atoms with Gasteiger partial charge in [-0.1, -0.05) is 13.8 Å². The highest BCUT2D eigenvalue weighted by Gasteiger charge is 2.32. The van der Waals surface area contributed by atoms with Gasteiger partial charge >= 0.3 is 12.1 Å². The van der Waals surface area contributed by atoms with Crippen LogP contribution in [0.5, 0.6) is 0 Å². The van der Waals surface area contributed by atoms with E-state index in [1.54, 1.807) is 34.6 Å². The first kappa shape index (κ1) is 19.7. The molecule has 6 heteroatoms. The second-order valence-corrected chi connectivity index (χ2v) is 7.09. The number of carbonyl (C=O) groups excluding carboxylic acids is 2. The molecule has 1 amide bonds. The molecule has 1 atom stereocenters. The SMILES string of the molecule is CC(C)[C@H](NC(=O)OC(C)(C)C)C(=O)OC(C)(C)CCN. The van der Waals surface area contributed by atoms with Crippen molar-refractivity contribution in [2.45, 2.75) is 72.1 Å². The largest absolute Gasteiger partial charge is 0.458 e. The summed E-state index contributed by atoms with van der Waals surface area (Å²) < 4.78 is 10.6. The molecule has 0 aromatic heterocycles. The van der Waals surface area contributed by atoms with E-state index in [1.165, 1.54) is 0 Å². The molecule has 21 heavy (non-hydrogen) atoms. The molecular weight excluding hydrogens is 272 g/mol. The quantitative estimate of drug-likeness (QED) is 0.734. The van der Waals surface area contributed by atoms with Gasteiger partial charge in [0, 0.05) is 0 Å². The summed E-state index contributed by atoms with van der Waals surface area (Å²) in [5.41, 5.74) is 4.22. The number of nitrogens with one attached hydrogen (secondary N) is 1. The lowest BCUT2D eigenvalue weighted by molar-refractivity contribution is -0.160. The lowest BCUT2D eigenvalue weighted by Gasteiger charge is -2.29. The molecule has 0 aromatic carbocycles. The second kappa shape index (κ2) is 7.64. The van der Waals surface area contributed by atoms with Crippen LogP contribution in [0.3, 0.4) is 0 Å². The van der Waals surface area contributed by atoms with Crippen molar-refractivity contribution >= 4 is 12.1 Å². The highest BCUT2D eigenvalue weighted by molar-refractivity contribution is 5.82. The predicted octanol–water partition coefficient (Wildman–Crippen LogP) is 2.21. The molecule has 0 saturated carbocycles. The highest BCUT2D eigenvalue weighted by Crippen LogP contribution is 2.17. The summed E-state index contributed by atoms with van der Waals surface area (Å²) in [5.74, 6) is -0.590. The van der Waals surface area contributed by atoms with Gasteiger partial charge in [-0.2, -0.15) is 0 Å². The molecule has 0 heterocycles. The van der Waals surface area contributed by atoms with Crippen LogP contribution in [0, 0.1) is 5.92 Å². The van der Waals surface area contributed by atoms with E-state index in [-0.39, 0.29) is 5.92 Å². The number of ether oxygens (including phenoxy) is 2. The maximum Gasteiger partial charge on any atom is 0.408 e. The fraction of sp³-hybridized carbons (Fsp3) is 0.867. The zero-order chi connectivity index (χ0) is 16.8. The topological polar surface area (TPSA) is 90.6 Å². The minimum atomic E-state index is -0.753. The summed E-state index contributed by atoms with van der Waals surface area (Å²) in [6.45, 7) is 13.0. The fourth-order valence-electron chi connectivity index (χ4n) is 1.67. The summed E-state index contributed by atoms with van der Waals surface area (Å²) in [7, 11) is 0. The molecule has 0 bridgehead atoms. The molecule has 6 nitrogen and oxygen atoms in total. The number of carbonyl (C=O) groups is 2. The Morgan fingerprint density at radius 3 is 2.00 bits per heavy atom. The Hall–Kier alpha value is -1.30. The number of rotatable bonds is 6. The average molecular weight is 302 g/mol. The van der Waals surface area contributed by atoms with Gasteiger partial charge in [0.05, 0.1) is 0 Å². The molecule has 0 spiro atoms. The van der Waals surface area contributed by atoms with Gasteiger partial charge in [0.15, 0.2) is 0 Å². The summed E-state index contributed by atoms with van der Waals surface area (Å²) in [6, 6.07) is -0.753. The zero-order valence-electron chi connectivity index (χ0n) is 14.3. The van der Waals surface area contributed by atoms with Gasteiger partial charge in [-0.3, -0.25) is 0 Å². The molecule has 0 aliphatic heterocycles. The lowest BCUT2D eigenvalue weighted by Crippen LogP contribution is -2.49. The number of alkyl carbamates (subject to hydrolysis) is 1. The Morgan fingerprint density at radius 1 is 1.10 bits per heavy atom. The van der Waals surface area contributed by atoms with Gasteiger partial charge in [-0.25, -0.2) is 9.59 Å². The standard InChI is InChI=1S/C15H30N2O4/c1-10(2)11(17-13(19)21-14(3,4)5)12(18)20-15(6,7)8-9-16/h10-11H,8-9,16H2,1-7H3,(H,17,19)/t11-/m0/s1. The van der Waals surface area contributed by atoms with Gasteiger partial charge in [0.1, 0.15) is 17.2 Å². The Balaban J connectivity index is 4.76. The van der Waals surface area contributed by atoms with Crippen LogP contribution in [-0.2, 0) is 14.3 Å². The fourth-order valence-corrected chi connectivity index (χ4v) is 1.67. The molecule has 124 valence electrons. The molecule has 0 fully saturated rings. The van der Waals surface area contributed by atoms with E-state index in [0.29, 0.717) is 13.0 Å². The van der Waals surface area contributed by atoms with Crippen molar-refractivity contribution in [1.29, 1.82) is 0 Å². The molecule has 0 rings (SSSR count). The summed E-state index contributed by atoms with van der Waals surface area (Å²) in [6.07, 6.45) is -0.0783. The van der Waals surface area contributed by atoms with E-state index in [4.69, 9.17) is 15.2 Å². The highest BCUT2D eigenvalue weighted by atomic mass is 16.6. The van der Waals surface area contributed by atoms with Crippen LogP contribution in [0.4, 0.5) is 4.79 Å². The van der Waals surface area contributed by atoms with Crippen LogP contribution in [0.15, 0.2) is 0 Å². The molecule has 0 radical (unpaired) electrons. The Morgan fingerprint density at radius 2 is 1.62 bits per heavy atom. The third-order valence-corrected chi connectivity index (χ3v) is 2.72. The normalized spacial score (nSPS) is 13.8. The third kappa shape index (κ3) is 8.55. The average Bonchev–Trinajstić information content (AvgIpc) is 2.21. The number of nitrogens with two attached hydrogens (primary N) is 1. The van der Waals surface area contributed by atoms with Crippen LogP contribution >= 0.6 is 0 Å². The van der Waals surface area contributed by atoms with E-state index in [9.17, 15) is 9.59 Å². The van der Waals surface area contributed by atoms with Crippen molar-refractivity contribution in [2.24, 2.45) is 11.7 Å². The molecule has 3 N–H and O–H groups in total. The maximum absolute atomic E-state index is 12.2. The van der Waals surface area contributed by atoms with Crippen molar-refractivity contribution in [1.82, 2.24) is 5.32 Å². The van der Waals surface area contributed by atoms with E-state index < -0.39 is 29.3 Å². The van der Waals surface area contributed by atoms with Gasteiger partial charge in [-0.15, -0.1) is 0 Å². The smallest absolute Gasteiger partial charge is 0.408 e. The monoisotopic (exact) mass is 302 g/mol. The predicted molar refractivity (Wildman–Crippen MR) is 81.8 cm³/mol. The minimum Gasteiger partial charge on any atom is -0.458 e. The lowest BCUT2D eigenvalue weighted by atomic mass is 10.0. The molecule has 0 aromatic rings. The Bertz CT molecular complexity index is 359. The van der Waals surface area contributed by atoms with Crippen LogP contribution in [0.2, 0.25) is 0 Å². The summed E-state index contributed by atoms with van der Waals surface area (Å²) in [4.78, 5) is 24.1. The molecule has 0 saturated heterocycles.